The zero-order valence-corrected chi connectivity index (χ0v) is 8.90. The Hall–Kier alpha value is -1.77. The summed E-state index contributed by atoms with van der Waals surface area (Å²) in [7, 11) is 0. The van der Waals surface area contributed by atoms with Crippen LogP contribution in [0.1, 0.15) is 10.4 Å². The molecule has 0 spiro atoms. The van der Waals surface area contributed by atoms with Gasteiger partial charge in [-0.25, -0.2) is 9.78 Å². The van der Waals surface area contributed by atoms with Crippen molar-refractivity contribution in [2.24, 2.45) is 0 Å². The Morgan fingerprint density at radius 3 is 2.88 bits per heavy atom. The Balaban J connectivity index is 3.06. The average molecular weight is 241 g/mol. The average Bonchev–Trinajstić information content (AvgIpc) is 2.25. The number of hydrogen-bond acceptors (Lipinski definition) is 4. The third-order valence-corrected chi connectivity index (χ3v) is 2.00. The molecule has 0 saturated carbocycles. The van der Waals surface area contributed by atoms with E-state index in [4.69, 9.17) is 28.2 Å². The summed E-state index contributed by atoms with van der Waals surface area (Å²) in [5.74, 6) is 1.14. The van der Waals surface area contributed by atoms with Gasteiger partial charge in [-0.2, -0.15) is 0 Å². The Labute approximate surface area is 97.1 Å². The van der Waals surface area contributed by atoms with E-state index >= 15 is 0 Å². The smallest absolute Gasteiger partial charge is 0.339 e. The number of terminal acetylenes is 1. The summed E-state index contributed by atoms with van der Waals surface area (Å²) in [5, 5.41) is 20.5. The molecule has 0 aromatic carbocycles. The van der Waals surface area contributed by atoms with Crippen LogP contribution in [0.4, 0.5) is 5.82 Å². The maximum Gasteiger partial charge on any atom is 0.339 e. The summed E-state index contributed by atoms with van der Waals surface area (Å²) in [5.41, 5.74) is -0.0573. The first-order valence-corrected chi connectivity index (χ1v) is 4.69. The van der Waals surface area contributed by atoms with Crippen molar-refractivity contribution in [2.75, 3.05) is 11.9 Å². The second-order valence-electron chi connectivity index (χ2n) is 2.88. The lowest BCUT2D eigenvalue weighted by Crippen LogP contribution is -2.23. The number of pyridine rings is 1. The predicted octanol–water partition coefficient (Wildman–Crippen LogP) is 0.839. The van der Waals surface area contributed by atoms with Gasteiger partial charge < -0.3 is 15.5 Å². The van der Waals surface area contributed by atoms with Crippen molar-refractivity contribution < 1.29 is 15.0 Å². The molecule has 3 N–H and O–H groups in total. The van der Waals surface area contributed by atoms with Gasteiger partial charge in [-0.05, 0) is 12.1 Å². The number of carboxylic acids is 1. The molecule has 0 radical (unpaired) electrons. The zero-order chi connectivity index (χ0) is 12.1. The summed E-state index contributed by atoms with van der Waals surface area (Å²) in [6, 6.07) is 1.97. The van der Waals surface area contributed by atoms with Gasteiger partial charge in [0.2, 0.25) is 0 Å². The summed E-state index contributed by atoms with van der Waals surface area (Å²) < 4.78 is 0. The van der Waals surface area contributed by atoms with Crippen LogP contribution in [0.2, 0.25) is 5.15 Å². The SMILES string of the molecule is C#CC(CO)Nc1nc(Cl)ccc1C(=O)O. The molecular weight excluding hydrogens is 232 g/mol. The van der Waals surface area contributed by atoms with Crippen LogP contribution in [0, 0.1) is 12.3 Å². The van der Waals surface area contributed by atoms with Crippen LogP contribution >= 0.6 is 11.6 Å². The predicted molar refractivity (Wildman–Crippen MR) is 59.5 cm³/mol. The van der Waals surface area contributed by atoms with Crippen LogP contribution in [0.3, 0.4) is 0 Å². The number of halogens is 1. The molecule has 0 amide bonds. The van der Waals surface area contributed by atoms with E-state index in [9.17, 15) is 4.79 Å². The standard InChI is InChI=1S/C10H9ClN2O3/c1-2-6(5-14)12-9-7(10(15)16)3-4-8(11)13-9/h1,3-4,6,14H,5H2,(H,12,13)(H,15,16). The van der Waals surface area contributed by atoms with Crippen molar-refractivity contribution in [3.63, 3.8) is 0 Å². The molecule has 1 atom stereocenters. The molecule has 16 heavy (non-hydrogen) atoms. The van der Waals surface area contributed by atoms with E-state index in [2.05, 4.69) is 16.2 Å². The van der Waals surface area contributed by atoms with E-state index in [1.807, 2.05) is 0 Å². The molecule has 0 aliphatic rings. The van der Waals surface area contributed by atoms with Crippen LogP contribution in [0.5, 0.6) is 0 Å². The summed E-state index contributed by atoms with van der Waals surface area (Å²) in [6.07, 6.45) is 5.11. The van der Waals surface area contributed by atoms with Crippen molar-refractivity contribution >= 4 is 23.4 Å². The molecule has 1 rings (SSSR count). The molecule has 1 unspecified atom stereocenters. The Morgan fingerprint density at radius 1 is 1.69 bits per heavy atom. The van der Waals surface area contributed by atoms with E-state index in [0.717, 1.165) is 0 Å². The fourth-order valence-corrected chi connectivity index (χ4v) is 1.17. The number of aliphatic hydroxyl groups excluding tert-OH is 1. The highest BCUT2D eigenvalue weighted by Gasteiger charge is 2.14. The van der Waals surface area contributed by atoms with Crippen molar-refractivity contribution in [2.45, 2.75) is 6.04 Å². The van der Waals surface area contributed by atoms with Crippen LogP contribution in [-0.4, -0.2) is 33.8 Å². The van der Waals surface area contributed by atoms with E-state index in [1.54, 1.807) is 0 Å². The second kappa shape index (κ2) is 5.35. The van der Waals surface area contributed by atoms with Gasteiger partial charge in [0, 0.05) is 0 Å². The van der Waals surface area contributed by atoms with Crippen LogP contribution in [0.25, 0.3) is 0 Å². The quantitative estimate of drug-likeness (QED) is 0.537. The number of anilines is 1. The van der Waals surface area contributed by atoms with Gasteiger partial charge in [0.15, 0.2) is 0 Å². The van der Waals surface area contributed by atoms with Gasteiger partial charge in [-0.1, -0.05) is 17.5 Å². The summed E-state index contributed by atoms with van der Waals surface area (Å²) in [4.78, 5) is 14.7. The molecule has 5 nitrogen and oxygen atoms in total. The molecule has 0 fully saturated rings. The lowest BCUT2D eigenvalue weighted by molar-refractivity contribution is 0.0697. The first-order chi connectivity index (χ1) is 7.58. The highest BCUT2D eigenvalue weighted by molar-refractivity contribution is 6.29. The van der Waals surface area contributed by atoms with Gasteiger partial charge >= 0.3 is 5.97 Å². The molecule has 6 heteroatoms. The number of nitrogens with one attached hydrogen (secondary N) is 1. The highest BCUT2D eigenvalue weighted by atomic mass is 35.5. The van der Waals surface area contributed by atoms with Crippen molar-refractivity contribution in [1.29, 1.82) is 0 Å². The van der Waals surface area contributed by atoms with E-state index in [1.165, 1.54) is 12.1 Å². The number of carboxylic acid groups (broad SMARTS) is 1. The molecule has 84 valence electrons. The van der Waals surface area contributed by atoms with Crippen LogP contribution < -0.4 is 5.32 Å². The minimum absolute atomic E-state index is 0.0389. The lowest BCUT2D eigenvalue weighted by Gasteiger charge is -2.12. The van der Waals surface area contributed by atoms with E-state index in [0.29, 0.717) is 0 Å². The van der Waals surface area contributed by atoms with Gasteiger partial charge in [0.05, 0.1) is 6.61 Å². The number of aliphatic hydroxyl groups is 1. The number of aromatic carboxylic acids is 1. The number of aromatic nitrogens is 1. The summed E-state index contributed by atoms with van der Waals surface area (Å²) in [6.45, 7) is -0.330. The van der Waals surface area contributed by atoms with E-state index < -0.39 is 12.0 Å². The molecule has 0 saturated heterocycles. The first kappa shape index (κ1) is 12.3. The minimum atomic E-state index is -1.15. The Morgan fingerprint density at radius 2 is 2.38 bits per heavy atom. The monoisotopic (exact) mass is 240 g/mol. The topological polar surface area (TPSA) is 82.5 Å². The first-order valence-electron chi connectivity index (χ1n) is 4.32. The molecule has 1 heterocycles. The maximum absolute atomic E-state index is 10.9. The Kier molecular flexibility index (Phi) is 4.11. The fraction of sp³-hybridized carbons (Fsp3) is 0.200. The number of carbonyl (C=O) groups is 1. The normalized spacial score (nSPS) is 11.6. The fourth-order valence-electron chi connectivity index (χ4n) is 1.02. The van der Waals surface area contributed by atoms with Gasteiger partial charge in [-0.3, -0.25) is 0 Å². The lowest BCUT2D eigenvalue weighted by atomic mass is 10.2. The molecule has 1 aromatic heterocycles. The molecule has 0 aliphatic carbocycles. The van der Waals surface area contributed by atoms with Crippen LogP contribution in [-0.2, 0) is 0 Å². The maximum atomic E-state index is 10.9. The van der Waals surface area contributed by atoms with Crippen molar-refractivity contribution in [3.05, 3.63) is 22.8 Å². The van der Waals surface area contributed by atoms with E-state index in [-0.39, 0.29) is 23.1 Å². The molecule has 0 bridgehead atoms. The van der Waals surface area contributed by atoms with Gasteiger partial charge in [0.1, 0.15) is 22.6 Å². The summed E-state index contributed by atoms with van der Waals surface area (Å²) >= 11 is 5.63. The molecule has 0 aliphatic heterocycles. The minimum Gasteiger partial charge on any atom is -0.478 e. The third-order valence-electron chi connectivity index (χ3n) is 1.79. The zero-order valence-electron chi connectivity index (χ0n) is 8.14. The largest absolute Gasteiger partial charge is 0.478 e. The number of nitrogens with zero attached hydrogens (tertiary/aromatic N) is 1. The number of rotatable bonds is 4. The Bertz CT molecular complexity index is 442. The molecule has 1 aromatic rings. The second-order valence-corrected chi connectivity index (χ2v) is 3.27. The van der Waals surface area contributed by atoms with Gasteiger partial charge in [-0.15, -0.1) is 6.42 Å². The van der Waals surface area contributed by atoms with Crippen molar-refractivity contribution in [3.8, 4) is 12.3 Å². The highest BCUT2D eigenvalue weighted by Crippen LogP contribution is 2.17. The number of hydrogen-bond donors (Lipinski definition) is 3. The third kappa shape index (κ3) is 2.86. The van der Waals surface area contributed by atoms with Gasteiger partial charge in [0.25, 0.3) is 0 Å². The molecular formula is C10H9ClN2O3. The van der Waals surface area contributed by atoms with Crippen molar-refractivity contribution in [1.82, 2.24) is 4.98 Å². The van der Waals surface area contributed by atoms with Crippen LogP contribution in [0.15, 0.2) is 12.1 Å².